The van der Waals surface area contributed by atoms with E-state index in [1.807, 2.05) is 0 Å². The number of unbranched alkanes of at least 4 members (excludes halogenated alkanes) is 21. The van der Waals surface area contributed by atoms with Gasteiger partial charge in [-0.05, 0) is 5.92 Å². The van der Waals surface area contributed by atoms with E-state index in [4.69, 9.17) is 0 Å². The van der Waals surface area contributed by atoms with Crippen LogP contribution in [0.2, 0.25) is 0 Å². The van der Waals surface area contributed by atoms with Gasteiger partial charge in [0.15, 0.2) is 0 Å². The fourth-order valence-corrected chi connectivity index (χ4v) is 5.14. The van der Waals surface area contributed by atoms with Crippen LogP contribution in [0.5, 0.6) is 0 Å². The average molecular weight is 436 g/mol. The van der Waals surface area contributed by atoms with Crippen LogP contribution >= 0.6 is 0 Å². The van der Waals surface area contributed by atoms with E-state index in [0.29, 0.717) is 0 Å². The first-order valence-electron chi connectivity index (χ1n) is 15.1. The Bertz CT molecular complexity index is 294. The highest BCUT2D eigenvalue weighted by Crippen LogP contribution is 2.23. The number of rotatable bonds is 27. The van der Waals surface area contributed by atoms with Crippen molar-refractivity contribution in [3.63, 3.8) is 0 Å². The van der Waals surface area contributed by atoms with Gasteiger partial charge >= 0.3 is 0 Å². The summed E-state index contributed by atoms with van der Waals surface area (Å²) in [5.41, 5.74) is 0. The molecule has 0 aromatic rings. The van der Waals surface area contributed by atoms with Crippen LogP contribution < -0.4 is 0 Å². The van der Waals surface area contributed by atoms with E-state index in [1.54, 1.807) is 0 Å². The van der Waals surface area contributed by atoms with E-state index in [0.717, 1.165) is 12.3 Å². The first-order valence-corrected chi connectivity index (χ1v) is 15.1. The molecule has 31 heavy (non-hydrogen) atoms. The Morgan fingerprint density at radius 2 is 0.677 bits per heavy atom. The van der Waals surface area contributed by atoms with Crippen molar-refractivity contribution >= 4 is 0 Å². The van der Waals surface area contributed by atoms with Gasteiger partial charge in [-0.15, -0.1) is 0 Å². The van der Waals surface area contributed by atoms with Gasteiger partial charge in [0.25, 0.3) is 0 Å². The second-order valence-corrected chi connectivity index (χ2v) is 10.5. The molecule has 0 aliphatic heterocycles. The van der Waals surface area contributed by atoms with E-state index in [2.05, 4.69) is 20.8 Å². The molecule has 0 aliphatic carbocycles. The Hall–Kier alpha value is 0. The highest BCUT2D eigenvalue weighted by Gasteiger charge is 2.07. The summed E-state index contributed by atoms with van der Waals surface area (Å²) in [6.45, 7) is 8.64. The minimum absolute atomic E-state index is 1.01. The van der Waals surface area contributed by atoms with Crippen molar-refractivity contribution in [3.8, 4) is 0 Å². The van der Waals surface area contributed by atoms with Crippen LogP contribution in [0, 0.1) is 12.8 Å². The highest BCUT2D eigenvalue weighted by atomic mass is 14.1. The molecule has 0 saturated carbocycles. The van der Waals surface area contributed by atoms with Gasteiger partial charge in [0.1, 0.15) is 0 Å². The fourth-order valence-electron chi connectivity index (χ4n) is 5.14. The predicted octanol–water partition coefficient (Wildman–Crippen LogP) is 12.0. The predicted molar refractivity (Wildman–Crippen MR) is 145 cm³/mol. The average Bonchev–Trinajstić information content (AvgIpc) is 2.78. The molecule has 1 radical (unpaired) electrons. The summed E-state index contributed by atoms with van der Waals surface area (Å²) < 4.78 is 0. The van der Waals surface area contributed by atoms with Crippen LogP contribution in [0.4, 0.5) is 0 Å². The summed E-state index contributed by atoms with van der Waals surface area (Å²) in [6.07, 6.45) is 39.2. The molecule has 0 saturated heterocycles. The molecule has 0 fully saturated rings. The third kappa shape index (κ3) is 26.1. The van der Waals surface area contributed by atoms with Crippen molar-refractivity contribution in [2.24, 2.45) is 5.92 Å². The molecule has 0 aliphatic rings. The Morgan fingerprint density at radius 1 is 0.355 bits per heavy atom. The van der Waals surface area contributed by atoms with Crippen LogP contribution in [0.15, 0.2) is 0 Å². The molecule has 1 unspecified atom stereocenters. The van der Waals surface area contributed by atoms with Crippen molar-refractivity contribution in [1.82, 2.24) is 0 Å². The molecule has 1 atom stereocenters. The molecule has 187 valence electrons. The van der Waals surface area contributed by atoms with Crippen LogP contribution in [0.25, 0.3) is 0 Å². The van der Waals surface area contributed by atoms with E-state index in [-0.39, 0.29) is 0 Å². The summed E-state index contributed by atoms with van der Waals surface area (Å²) in [6, 6.07) is 0. The molecule has 0 nitrogen and oxygen atoms in total. The lowest BCUT2D eigenvalue weighted by molar-refractivity contribution is 0.381. The van der Waals surface area contributed by atoms with E-state index >= 15 is 0 Å². The third-order valence-electron chi connectivity index (χ3n) is 7.28. The molecule has 0 spiro atoms. The smallest absolute Gasteiger partial charge is 0.0414 e. The minimum atomic E-state index is 1.01. The van der Waals surface area contributed by atoms with Crippen molar-refractivity contribution in [2.45, 2.75) is 187 Å². The van der Waals surface area contributed by atoms with Gasteiger partial charge in [0, 0.05) is 0 Å². The van der Waals surface area contributed by atoms with Crippen molar-refractivity contribution in [2.75, 3.05) is 0 Å². The van der Waals surface area contributed by atoms with Gasteiger partial charge in [-0.1, -0.05) is 194 Å². The van der Waals surface area contributed by atoms with E-state index in [9.17, 15) is 0 Å². The molecule has 0 N–H and O–H groups in total. The first-order chi connectivity index (χ1) is 15.3. The van der Waals surface area contributed by atoms with E-state index < -0.39 is 0 Å². The molecule has 0 heteroatoms. The molecular formula is C31H63. The maximum atomic E-state index is 3.99. The summed E-state index contributed by atoms with van der Waals surface area (Å²) >= 11 is 0. The second kappa shape index (κ2) is 28.0. The highest BCUT2D eigenvalue weighted by molar-refractivity contribution is 4.61. The van der Waals surface area contributed by atoms with Gasteiger partial charge in [0.2, 0.25) is 0 Å². The minimum Gasteiger partial charge on any atom is -0.0654 e. The number of hydrogen-bond donors (Lipinski definition) is 0. The molecule has 0 bridgehead atoms. The summed E-state index contributed by atoms with van der Waals surface area (Å²) in [5.74, 6) is 1.01. The maximum Gasteiger partial charge on any atom is -0.0414 e. The lowest BCUT2D eigenvalue weighted by Gasteiger charge is -2.15. The third-order valence-corrected chi connectivity index (χ3v) is 7.28. The van der Waals surface area contributed by atoms with Gasteiger partial charge in [-0.2, -0.15) is 0 Å². The van der Waals surface area contributed by atoms with E-state index in [1.165, 1.54) is 167 Å². The molecule has 0 aromatic heterocycles. The lowest BCUT2D eigenvalue weighted by atomic mass is 9.91. The topological polar surface area (TPSA) is 0 Å². The van der Waals surface area contributed by atoms with Gasteiger partial charge < -0.3 is 0 Å². The van der Waals surface area contributed by atoms with Crippen LogP contribution in [0.3, 0.4) is 0 Å². The van der Waals surface area contributed by atoms with Crippen LogP contribution in [0.1, 0.15) is 187 Å². The standard InChI is InChI=1S/C31H63/c1-4-7-9-10-11-12-13-14-15-16-17-18-19-20-21-22-23-24-25-27-30-31(28-6-3)29-26-8-5-2/h31H,2,4-30H2,1,3H3. The molecule has 0 amide bonds. The number of hydrogen-bond acceptors (Lipinski definition) is 0. The zero-order valence-electron chi connectivity index (χ0n) is 22.4. The normalized spacial score (nSPS) is 12.5. The molecule has 0 aromatic carbocycles. The monoisotopic (exact) mass is 435 g/mol. The summed E-state index contributed by atoms with van der Waals surface area (Å²) in [5, 5.41) is 0. The van der Waals surface area contributed by atoms with Crippen molar-refractivity contribution in [3.05, 3.63) is 6.92 Å². The zero-order valence-corrected chi connectivity index (χ0v) is 22.4. The molecular weight excluding hydrogens is 372 g/mol. The summed E-state index contributed by atoms with van der Waals surface area (Å²) in [7, 11) is 0. The molecule has 0 rings (SSSR count). The van der Waals surface area contributed by atoms with Gasteiger partial charge in [-0.25, -0.2) is 0 Å². The maximum absolute atomic E-state index is 3.99. The fraction of sp³-hybridized carbons (Fsp3) is 0.968. The first kappa shape index (κ1) is 31.0. The van der Waals surface area contributed by atoms with Gasteiger partial charge in [0.05, 0.1) is 0 Å². The Labute approximate surface area is 200 Å². The largest absolute Gasteiger partial charge is 0.0654 e. The Morgan fingerprint density at radius 3 is 1.00 bits per heavy atom. The zero-order chi connectivity index (χ0) is 22.7. The van der Waals surface area contributed by atoms with Crippen LogP contribution in [-0.4, -0.2) is 0 Å². The Balaban J connectivity index is 3.19. The lowest BCUT2D eigenvalue weighted by Crippen LogP contribution is -2.00. The Kier molecular flexibility index (Phi) is 28.0. The second-order valence-electron chi connectivity index (χ2n) is 10.5. The molecule has 0 heterocycles. The summed E-state index contributed by atoms with van der Waals surface area (Å²) in [4.78, 5) is 0. The van der Waals surface area contributed by atoms with Crippen LogP contribution in [-0.2, 0) is 0 Å². The quantitative estimate of drug-likeness (QED) is 0.112. The van der Waals surface area contributed by atoms with Crippen molar-refractivity contribution in [1.29, 1.82) is 0 Å². The van der Waals surface area contributed by atoms with Crippen molar-refractivity contribution < 1.29 is 0 Å². The SMILES string of the molecule is [CH2]CCCCC(CCC)CCCCCCCCCCCCCCCCCCCCCC. The van der Waals surface area contributed by atoms with Gasteiger partial charge in [-0.3, -0.25) is 0 Å².